The third-order valence-electron chi connectivity index (χ3n) is 2.97. The summed E-state index contributed by atoms with van der Waals surface area (Å²) < 4.78 is 0. The molecule has 0 amide bonds. The first kappa shape index (κ1) is 12.7. The maximum atomic E-state index is 9.07. The molecule has 0 saturated heterocycles. The summed E-state index contributed by atoms with van der Waals surface area (Å²) in [5.41, 5.74) is 2.90. The molecule has 18 heavy (non-hydrogen) atoms. The van der Waals surface area contributed by atoms with Crippen LogP contribution in [0.1, 0.15) is 33.8 Å². The first-order valence-corrected chi connectivity index (χ1v) is 6.76. The van der Waals surface area contributed by atoms with Gasteiger partial charge in [-0.2, -0.15) is 5.26 Å². The summed E-state index contributed by atoms with van der Waals surface area (Å²) in [6.07, 6.45) is 0. The van der Waals surface area contributed by atoms with E-state index in [0.29, 0.717) is 5.56 Å². The fourth-order valence-corrected chi connectivity index (χ4v) is 3.12. The van der Waals surface area contributed by atoms with E-state index in [1.165, 1.54) is 15.3 Å². The molecule has 0 saturated carbocycles. The summed E-state index contributed by atoms with van der Waals surface area (Å²) in [5.74, 6) is 0. The standard InChI is InChI=1S/C15H16N2S/c1-10-8-14(12(3)18-10)11(2)17-15-7-5-4-6-13(15)9-16/h4-8,11,17H,1-3H3. The van der Waals surface area contributed by atoms with Gasteiger partial charge in [-0.1, -0.05) is 12.1 Å². The lowest BCUT2D eigenvalue weighted by molar-refractivity contribution is 0.881. The monoisotopic (exact) mass is 256 g/mol. The number of hydrogen-bond acceptors (Lipinski definition) is 3. The van der Waals surface area contributed by atoms with Crippen molar-refractivity contribution in [1.29, 1.82) is 5.26 Å². The normalized spacial score (nSPS) is 11.9. The molecule has 0 radical (unpaired) electrons. The lowest BCUT2D eigenvalue weighted by Crippen LogP contribution is -2.07. The number of nitriles is 1. The van der Waals surface area contributed by atoms with Crippen molar-refractivity contribution in [3.63, 3.8) is 0 Å². The van der Waals surface area contributed by atoms with E-state index < -0.39 is 0 Å². The zero-order chi connectivity index (χ0) is 13.1. The number of nitrogens with one attached hydrogen (secondary N) is 1. The molecular weight excluding hydrogens is 240 g/mol. The predicted molar refractivity (Wildman–Crippen MR) is 77.0 cm³/mol. The summed E-state index contributed by atoms with van der Waals surface area (Å²) in [7, 11) is 0. The molecule has 1 aromatic heterocycles. The van der Waals surface area contributed by atoms with Gasteiger partial charge in [-0.25, -0.2) is 0 Å². The second-order valence-electron chi connectivity index (χ2n) is 4.39. The van der Waals surface area contributed by atoms with Crippen LogP contribution in [0.5, 0.6) is 0 Å². The summed E-state index contributed by atoms with van der Waals surface area (Å²) in [4.78, 5) is 2.66. The van der Waals surface area contributed by atoms with E-state index in [1.54, 1.807) is 0 Å². The van der Waals surface area contributed by atoms with Crippen LogP contribution in [0.2, 0.25) is 0 Å². The highest BCUT2D eigenvalue weighted by Gasteiger charge is 2.12. The lowest BCUT2D eigenvalue weighted by Gasteiger charge is -2.16. The second kappa shape index (κ2) is 5.24. The number of benzene rings is 1. The van der Waals surface area contributed by atoms with Gasteiger partial charge in [0.05, 0.1) is 11.3 Å². The molecule has 0 spiro atoms. The van der Waals surface area contributed by atoms with E-state index in [-0.39, 0.29) is 6.04 Å². The van der Waals surface area contributed by atoms with Gasteiger partial charge >= 0.3 is 0 Å². The second-order valence-corrected chi connectivity index (χ2v) is 5.85. The fourth-order valence-electron chi connectivity index (χ4n) is 2.10. The molecule has 92 valence electrons. The van der Waals surface area contributed by atoms with Gasteiger partial charge in [0.15, 0.2) is 0 Å². The number of nitrogens with zero attached hydrogens (tertiary/aromatic N) is 1. The van der Waals surface area contributed by atoms with Crippen molar-refractivity contribution in [2.24, 2.45) is 0 Å². The molecule has 0 aliphatic heterocycles. The summed E-state index contributed by atoms with van der Waals surface area (Å²) >= 11 is 1.81. The molecular formula is C15H16N2S. The van der Waals surface area contributed by atoms with Crippen LogP contribution in [0.25, 0.3) is 0 Å². The van der Waals surface area contributed by atoms with Gasteiger partial charge in [-0.15, -0.1) is 11.3 Å². The van der Waals surface area contributed by atoms with E-state index in [2.05, 4.69) is 38.2 Å². The first-order valence-electron chi connectivity index (χ1n) is 5.94. The van der Waals surface area contributed by atoms with Gasteiger partial charge in [-0.05, 0) is 44.5 Å². The molecule has 1 N–H and O–H groups in total. The van der Waals surface area contributed by atoms with Crippen molar-refractivity contribution in [3.05, 3.63) is 51.2 Å². The van der Waals surface area contributed by atoms with Crippen LogP contribution < -0.4 is 5.32 Å². The minimum Gasteiger partial charge on any atom is -0.377 e. The van der Waals surface area contributed by atoms with Crippen molar-refractivity contribution >= 4 is 17.0 Å². The molecule has 1 atom stereocenters. The zero-order valence-corrected chi connectivity index (χ0v) is 11.6. The Balaban J connectivity index is 2.24. The van der Waals surface area contributed by atoms with Gasteiger partial charge in [-0.3, -0.25) is 0 Å². The van der Waals surface area contributed by atoms with E-state index in [4.69, 9.17) is 5.26 Å². The van der Waals surface area contributed by atoms with E-state index in [9.17, 15) is 0 Å². The van der Waals surface area contributed by atoms with Gasteiger partial charge in [0.2, 0.25) is 0 Å². The third-order valence-corrected chi connectivity index (χ3v) is 3.95. The maximum Gasteiger partial charge on any atom is 0.101 e. The Labute approximate surface area is 112 Å². The number of anilines is 1. The Morgan fingerprint density at radius 1 is 1.28 bits per heavy atom. The molecule has 2 rings (SSSR count). The Bertz CT molecular complexity index is 593. The third kappa shape index (κ3) is 2.55. The van der Waals surface area contributed by atoms with E-state index in [0.717, 1.165) is 5.69 Å². The smallest absolute Gasteiger partial charge is 0.101 e. The fraction of sp³-hybridized carbons (Fsp3) is 0.267. The largest absolute Gasteiger partial charge is 0.377 e. The molecule has 1 aromatic carbocycles. The van der Waals surface area contributed by atoms with E-state index >= 15 is 0 Å². The van der Waals surface area contributed by atoms with Crippen molar-refractivity contribution < 1.29 is 0 Å². The number of para-hydroxylation sites is 1. The van der Waals surface area contributed by atoms with Crippen molar-refractivity contribution in [2.45, 2.75) is 26.8 Å². The summed E-state index contributed by atoms with van der Waals surface area (Å²) in [6, 6.07) is 12.3. The molecule has 0 aliphatic carbocycles. The number of thiophene rings is 1. The topological polar surface area (TPSA) is 35.8 Å². The van der Waals surface area contributed by atoms with Crippen LogP contribution in [0, 0.1) is 25.2 Å². The molecule has 3 heteroatoms. The van der Waals surface area contributed by atoms with Crippen molar-refractivity contribution in [2.75, 3.05) is 5.32 Å². The Morgan fingerprint density at radius 2 is 2.00 bits per heavy atom. The molecule has 0 bridgehead atoms. The molecule has 0 fully saturated rings. The lowest BCUT2D eigenvalue weighted by atomic mass is 10.1. The highest BCUT2D eigenvalue weighted by molar-refractivity contribution is 7.12. The summed E-state index contributed by atoms with van der Waals surface area (Å²) in [6.45, 7) is 6.39. The number of aryl methyl sites for hydroxylation is 2. The molecule has 1 heterocycles. The number of rotatable bonds is 3. The van der Waals surface area contributed by atoms with Gasteiger partial charge < -0.3 is 5.32 Å². The Morgan fingerprint density at radius 3 is 2.61 bits per heavy atom. The van der Waals surface area contributed by atoms with Crippen molar-refractivity contribution in [3.8, 4) is 6.07 Å². The van der Waals surface area contributed by atoms with Crippen LogP contribution in [0.3, 0.4) is 0 Å². The minimum absolute atomic E-state index is 0.212. The molecule has 0 aliphatic rings. The number of hydrogen-bond donors (Lipinski definition) is 1. The van der Waals surface area contributed by atoms with Crippen molar-refractivity contribution in [1.82, 2.24) is 0 Å². The predicted octanol–water partition coefficient (Wildman–Crippen LogP) is 4.41. The minimum atomic E-state index is 0.212. The Kier molecular flexibility index (Phi) is 3.69. The van der Waals surface area contributed by atoms with Gasteiger partial charge in [0, 0.05) is 15.8 Å². The van der Waals surface area contributed by atoms with E-state index in [1.807, 2.05) is 35.6 Å². The van der Waals surface area contributed by atoms with Crippen LogP contribution in [-0.2, 0) is 0 Å². The average Bonchev–Trinajstić information content (AvgIpc) is 2.69. The summed E-state index contributed by atoms with van der Waals surface area (Å²) in [5, 5.41) is 12.5. The highest BCUT2D eigenvalue weighted by Crippen LogP contribution is 2.29. The maximum absolute atomic E-state index is 9.07. The van der Waals surface area contributed by atoms with Crippen LogP contribution in [-0.4, -0.2) is 0 Å². The Hall–Kier alpha value is -1.79. The molecule has 1 unspecified atom stereocenters. The first-order chi connectivity index (χ1) is 8.61. The van der Waals surface area contributed by atoms with Crippen LogP contribution in [0.4, 0.5) is 5.69 Å². The zero-order valence-electron chi connectivity index (χ0n) is 10.8. The highest BCUT2D eigenvalue weighted by atomic mass is 32.1. The molecule has 2 nitrogen and oxygen atoms in total. The van der Waals surface area contributed by atoms with Crippen LogP contribution >= 0.6 is 11.3 Å². The van der Waals surface area contributed by atoms with Gasteiger partial charge in [0.25, 0.3) is 0 Å². The quantitative estimate of drug-likeness (QED) is 0.883. The van der Waals surface area contributed by atoms with Crippen LogP contribution in [0.15, 0.2) is 30.3 Å². The average molecular weight is 256 g/mol. The molecule has 2 aromatic rings. The SMILES string of the molecule is Cc1cc(C(C)Nc2ccccc2C#N)c(C)s1. The van der Waals surface area contributed by atoms with Gasteiger partial charge in [0.1, 0.15) is 6.07 Å².